The average Bonchev–Trinajstić information content (AvgIpc) is 3.37. The minimum Gasteiger partial charge on any atom is -0.493 e. The van der Waals surface area contributed by atoms with Crippen LogP contribution in [0.2, 0.25) is 5.02 Å². The van der Waals surface area contributed by atoms with Crippen LogP contribution >= 0.6 is 11.6 Å². The molecule has 0 aliphatic heterocycles. The van der Waals surface area contributed by atoms with Gasteiger partial charge in [0.05, 0.1) is 18.7 Å². The molecule has 0 saturated heterocycles. The van der Waals surface area contributed by atoms with Gasteiger partial charge in [0, 0.05) is 18.5 Å². The number of methoxy groups -OCH3 is 1. The molecule has 0 N–H and O–H groups in total. The molecule has 1 aromatic rings. The van der Waals surface area contributed by atoms with Crippen LogP contribution in [0, 0.1) is 11.7 Å². The Kier molecular flexibility index (Phi) is 6.01. The lowest BCUT2D eigenvalue weighted by Crippen LogP contribution is -2.49. The fraction of sp³-hybridized carbons (Fsp3) is 0.556. The van der Waals surface area contributed by atoms with Crippen molar-refractivity contribution in [3.63, 3.8) is 0 Å². The van der Waals surface area contributed by atoms with Gasteiger partial charge in [-0.05, 0) is 39.7 Å². The second-order valence-corrected chi connectivity index (χ2v) is 7.64. The standard InChI is InChI=1S/C18H24ClFN2O4/c1-18(2,3)26-17(24)22(21(4)16(23)11-6-7-11)10-12-8-9-13(19)14(20)15(12)25-5/h8-9,11H,6-7,10H2,1-5H3. The summed E-state index contributed by atoms with van der Waals surface area (Å²) in [4.78, 5) is 25.1. The third-order valence-electron chi connectivity index (χ3n) is 3.87. The predicted octanol–water partition coefficient (Wildman–Crippen LogP) is 4.01. The van der Waals surface area contributed by atoms with E-state index in [-0.39, 0.29) is 29.1 Å². The molecular weight excluding hydrogens is 363 g/mol. The molecule has 2 amide bonds. The summed E-state index contributed by atoms with van der Waals surface area (Å²) in [7, 11) is 2.82. The van der Waals surface area contributed by atoms with Crippen molar-refractivity contribution in [1.82, 2.24) is 10.0 Å². The van der Waals surface area contributed by atoms with Crippen LogP contribution in [0.4, 0.5) is 9.18 Å². The lowest BCUT2D eigenvalue weighted by molar-refractivity contribution is -0.147. The highest BCUT2D eigenvalue weighted by Crippen LogP contribution is 2.33. The maximum atomic E-state index is 14.2. The van der Waals surface area contributed by atoms with Gasteiger partial charge >= 0.3 is 6.09 Å². The van der Waals surface area contributed by atoms with E-state index in [2.05, 4.69) is 0 Å². The van der Waals surface area contributed by atoms with E-state index in [9.17, 15) is 14.0 Å². The number of carbonyl (C=O) groups is 2. The van der Waals surface area contributed by atoms with E-state index in [1.54, 1.807) is 26.8 Å². The van der Waals surface area contributed by atoms with Gasteiger partial charge < -0.3 is 9.47 Å². The zero-order valence-corrected chi connectivity index (χ0v) is 16.4. The molecule has 0 atom stereocenters. The Morgan fingerprint density at radius 2 is 1.92 bits per heavy atom. The van der Waals surface area contributed by atoms with Gasteiger partial charge in [-0.3, -0.25) is 9.80 Å². The summed E-state index contributed by atoms with van der Waals surface area (Å²) < 4.78 is 24.7. The van der Waals surface area contributed by atoms with Crippen molar-refractivity contribution in [2.45, 2.75) is 45.8 Å². The molecule has 0 unspecified atom stereocenters. The monoisotopic (exact) mass is 386 g/mol. The zero-order valence-electron chi connectivity index (χ0n) is 15.6. The highest BCUT2D eigenvalue weighted by atomic mass is 35.5. The number of hydrazine groups is 1. The van der Waals surface area contributed by atoms with Crippen LogP contribution < -0.4 is 4.74 Å². The summed E-state index contributed by atoms with van der Waals surface area (Å²) in [6.07, 6.45) is 0.889. The highest BCUT2D eigenvalue weighted by Gasteiger charge is 2.37. The molecule has 1 aromatic carbocycles. The molecule has 2 rings (SSSR count). The molecule has 26 heavy (non-hydrogen) atoms. The molecule has 0 heterocycles. The average molecular weight is 387 g/mol. The van der Waals surface area contributed by atoms with Gasteiger partial charge in [-0.1, -0.05) is 17.7 Å². The molecule has 144 valence electrons. The Balaban J connectivity index is 2.33. The molecule has 1 aliphatic carbocycles. The van der Waals surface area contributed by atoms with E-state index in [0.29, 0.717) is 5.56 Å². The minimum atomic E-state index is -0.742. The number of carbonyl (C=O) groups excluding carboxylic acids is 2. The van der Waals surface area contributed by atoms with E-state index in [1.807, 2.05) is 0 Å². The van der Waals surface area contributed by atoms with Gasteiger partial charge in [-0.15, -0.1) is 0 Å². The number of hydrogen-bond donors (Lipinski definition) is 0. The largest absolute Gasteiger partial charge is 0.493 e. The van der Waals surface area contributed by atoms with Crippen LogP contribution in [-0.4, -0.2) is 41.8 Å². The van der Waals surface area contributed by atoms with Crippen LogP contribution in [0.25, 0.3) is 0 Å². The van der Waals surface area contributed by atoms with Crippen molar-refractivity contribution < 1.29 is 23.5 Å². The van der Waals surface area contributed by atoms with Crippen molar-refractivity contribution in [2.24, 2.45) is 5.92 Å². The van der Waals surface area contributed by atoms with Crippen molar-refractivity contribution in [1.29, 1.82) is 0 Å². The SMILES string of the molecule is COc1c(CN(C(=O)OC(C)(C)C)N(C)C(=O)C2CC2)ccc(Cl)c1F. The van der Waals surface area contributed by atoms with Gasteiger partial charge in [0.25, 0.3) is 0 Å². The Morgan fingerprint density at radius 3 is 2.42 bits per heavy atom. The second-order valence-electron chi connectivity index (χ2n) is 7.23. The van der Waals surface area contributed by atoms with Gasteiger partial charge in [0.2, 0.25) is 5.91 Å². The molecule has 1 aliphatic rings. The summed E-state index contributed by atoms with van der Waals surface area (Å²) in [5.74, 6) is -1.05. The van der Waals surface area contributed by atoms with Crippen molar-refractivity contribution >= 4 is 23.6 Å². The minimum absolute atomic E-state index is 0.0710. The van der Waals surface area contributed by atoms with Crippen LogP contribution in [-0.2, 0) is 16.1 Å². The van der Waals surface area contributed by atoms with E-state index in [0.717, 1.165) is 17.9 Å². The molecule has 1 saturated carbocycles. The molecule has 0 aromatic heterocycles. The molecular formula is C18H24ClFN2O4. The quantitative estimate of drug-likeness (QED) is 0.733. The topological polar surface area (TPSA) is 59.1 Å². The van der Waals surface area contributed by atoms with Crippen LogP contribution in [0.3, 0.4) is 0 Å². The number of halogens is 2. The molecule has 1 fully saturated rings. The van der Waals surface area contributed by atoms with E-state index >= 15 is 0 Å². The Labute approximate surface area is 157 Å². The zero-order chi connectivity index (χ0) is 19.6. The molecule has 8 heteroatoms. The van der Waals surface area contributed by atoms with E-state index in [4.69, 9.17) is 21.1 Å². The summed E-state index contributed by atoms with van der Waals surface area (Å²) in [6, 6.07) is 2.93. The van der Waals surface area contributed by atoms with Crippen LogP contribution in [0.15, 0.2) is 12.1 Å². The van der Waals surface area contributed by atoms with Gasteiger partial charge in [0.15, 0.2) is 11.6 Å². The first-order valence-corrected chi connectivity index (χ1v) is 8.71. The Bertz CT molecular complexity index is 701. The lowest BCUT2D eigenvalue weighted by Gasteiger charge is -2.34. The van der Waals surface area contributed by atoms with Gasteiger partial charge in [0.1, 0.15) is 5.60 Å². The maximum Gasteiger partial charge on any atom is 0.429 e. The fourth-order valence-electron chi connectivity index (χ4n) is 2.40. The Hall–Kier alpha value is -2.02. The first-order valence-electron chi connectivity index (χ1n) is 8.34. The highest BCUT2D eigenvalue weighted by molar-refractivity contribution is 6.30. The second kappa shape index (κ2) is 7.70. The van der Waals surface area contributed by atoms with Crippen molar-refractivity contribution in [2.75, 3.05) is 14.2 Å². The maximum absolute atomic E-state index is 14.2. The van der Waals surface area contributed by atoms with Crippen molar-refractivity contribution in [3.05, 3.63) is 28.5 Å². The third-order valence-corrected chi connectivity index (χ3v) is 4.16. The summed E-state index contributed by atoms with van der Waals surface area (Å²) in [6.45, 7) is 5.10. The number of rotatable bonds is 4. The molecule has 0 spiro atoms. The lowest BCUT2D eigenvalue weighted by atomic mass is 10.2. The fourth-order valence-corrected chi connectivity index (χ4v) is 2.55. The summed E-state index contributed by atoms with van der Waals surface area (Å²) >= 11 is 5.79. The van der Waals surface area contributed by atoms with E-state index in [1.165, 1.54) is 25.2 Å². The molecule has 6 nitrogen and oxygen atoms in total. The van der Waals surface area contributed by atoms with Crippen LogP contribution in [0.1, 0.15) is 39.2 Å². The number of amides is 2. The first kappa shape index (κ1) is 20.3. The van der Waals surface area contributed by atoms with E-state index < -0.39 is 17.5 Å². The number of benzene rings is 1. The number of hydrogen-bond acceptors (Lipinski definition) is 4. The number of ether oxygens (including phenoxy) is 2. The predicted molar refractivity (Wildman–Crippen MR) is 95.2 cm³/mol. The first-order chi connectivity index (χ1) is 12.0. The van der Waals surface area contributed by atoms with Gasteiger partial charge in [-0.25, -0.2) is 14.2 Å². The summed E-state index contributed by atoms with van der Waals surface area (Å²) in [5, 5.41) is 2.30. The van der Waals surface area contributed by atoms with Gasteiger partial charge in [-0.2, -0.15) is 0 Å². The summed E-state index contributed by atoms with van der Waals surface area (Å²) in [5.41, 5.74) is -0.371. The smallest absolute Gasteiger partial charge is 0.429 e. The van der Waals surface area contributed by atoms with Crippen molar-refractivity contribution in [3.8, 4) is 5.75 Å². The normalized spacial score (nSPS) is 14.0. The third kappa shape index (κ3) is 4.78. The Morgan fingerprint density at radius 1 is 1.31 bits per heavy atom. The molecule has 0 radical (unpaired) electrons. The van der Waals surface area contributed by atoms with Crippen LogP contribution in [0.5, 0.6) is 5.75 Å². The number of nitrogens with zero attached hydrogens (tertiary/aromatic N) is 2. The molecule has 0 bridgehead atoms.